The smallest absolute Gasteiger partial charge is 0.134 e. The Balaban J connectivity index is 1.97. The van der Waals surface area contributed by atoms with Gasteiger partial charge < -0.3 is 8.98 Å². The number of furan rings is 1. The summed E-state index contributed by atoms with van der Waals surface area (Å²) in [6.45, 7) is 6.69. The fourth-order valence-electron chi connectivity index (χ4n) is 3.93. The lowest BCUT2D eigenvalue weighted by Crippen LogP contribution is -2.09. The highest BCUT2D eigenvalue weighted by Crippen LogP contribution is 2.38. The monoisotopic (exact) mass is 339 g/mol. The molecule has 26 heavy (non-hydrogen) atoms. The molecule has 0 saturated carbocycles. The number of rotatable bonds is 1. The molecule has 5 rings (SSSR count). The molecule has 0 aliphatic heterocycles. The fraction of sp³-hybridized carbons (Fsp3) is 0.167. The summed E-state index contributed by atoms with van der Waals surface area (Å²) in [6.07, 6.45) is 1.92. The zero-order valence-electron chi connectivity index (χ0n) is 15.3. The lowest BCUT2D eigenvalue weighted by molar-refractivity contribution is 0.557. The Morgan fingerprint density at radius 3 is 2.23 bits per heavy atom. The van der Waals surface area contributed by atoms with Crippen LogP contribution in [0.5, 0.6) is 0 Å². The molecular formula is C24H21NO. The first-order valence-electron chi connectivity index (χ1n) is 9.04. The van der Waals surface area contributed by atoms with Crippen molar-refractivity contribution in [3.05, 3.63) is 78.6 Å². The minimum Gasteiger partial charge on any atom is -0.464 e. The van der Waals surface area contributed by atoms with Gasteiger partial charge in [0.25, 0.3) is 0 Å². The molecule has 0 spiro atoms. The van der Waals surface area contributed by atoms with Crippen LogP contribution in [-0.4, -0.2) is 4.57 Å². The van der Waals surface area contributed by atoms with E-state index in [-0.39, 0.29) is 5.41 Å². The zero-order valence-corrected chi connectivity index (χ0v) is 15.3. The molecule has 0 aliphatic rings. The lowest BCUT2D eigenvalue weighted by Gasteiger charge is -2.16. The summed E-state index contributed by atoms with van der Waals surface area (Å²) in [5.74, 6) is 0. The maximum absolute atomic E-state index is 5.94. The van der Waals surface area contributed by atoms with Crippen molar-refractivity contribution in [2.24, 2.45) is 0 Å². The second kappa shape index (κ2) is 5.25. The van der Waals surface area contributed by atoms with Gasteiger partial charge in [-0.15, -0.1) is 0 Å². The fourth-order valence-corrected chi connectivity index (χ4v) is 3.93. The molecule has 128 valence electrons. The van der Waals surface area contributed by atoms with Gasteiger partial charge in [0.2, 0.25) is 0 Å². The van der Waals surface area contributed by atoms with Crippen molar-refractivity contribution >= 4 is 32.8 Å². The molecule has 0 unspecified atom stereocenters. The average Bonchev–Trinajstić information content (AvgIpc) is 3.19. The molecule has 0 bridgehead atoms. The Bertz CT molecular complexity index is 1250. The summed E-state index contributed by atoms with van der Waals surface area (Å²) >= 11 is 0. The number of fused-ring (bicyclic) bond motifs is 4. The van der Waals surface area contributed by atoms with E-state index in [9.17, 15) is 0 Å². The zero-order chi connectivity index (χ0) is 17.9. The third-order valence-electron chi connectivity index (χ3n) is 5.19. The van der Waals surface area contributed by atoms with Crippen molar-refractivity contribution in [3.63, 3.8) is 0 Å². The third kappa shape index (κ3) is 2.12. The van der Waals surface area contributed by atoms with Crippen LogP contribution in [-0.2, 0) is 5.41 Å². The molecular weight excluding hydrogens is 318 g/mol. The first-order chi connectivity index (χ1) is 12.5. The molecule has 0 aliphatic carbocycles. The minimum atomic E-state index is 0.0442. The lowest BCUT2D eigenvalue weighted by atomic mass is 9.87. The molecule has 2 nitrogen and oxygen atoms in total. The molecule has 2 heteroatoms. The molecule has 2 heterocycles. The van der Waals surface area contributed by atoms with Gasteiger partial charge in [-0.25, -0.2) is 0 Å². The largest absolute Gasteiger partial charge is 0.464 e. The highest BCUT2D eigenvalue weighted by Gasteiger charge is 2.21. The normalized spacial score (nSPS) is 12.4. The number of benzene rings is 3. The van der Waals surface area contributed by atoms with E-state index in [2.05, 4.69) is 92.1 Å². The van der Waals surface area contributed by atoms with E-state index in [4.69, 9.17) is 4.42 Å². The molecule has 0 N–H and O–H groups in total. The van der Waals surface area contributed by atoms with Gasteiger partial charge in [0.05, 0.1) is 17.3 Å². The number of hydrogen-bond donors (Lipinski definition) is 0. The predicted octanol–water partition coefficient (Wildman–Crippen LogP) is 6.83. The van der Waals surface area contributed by atoms with Crippen LogP contribution in [0.2, 0.25) is 0 Å². The number of hydrogen-bond acceptors (Lipinski definition) is 1. The number of aromatic nitrogens is 1. The molecule has 0 radical (unpaired) electrons. The number of para-hydroxylation sites is 2. The van der Waals surface area contributed by atoms with Crippen LogP contribution in [0.4, 0.5) is 0 Å². The van der Waals surface area contributed by atoms with E-state index < -0.39 is 0 Å². The van der Waals surface area contributed by atoms with E-state index >= 15 is 0 Å². The van der Waals surface area contributed by atoms with Crippen LogP contribution < -0.4 is 0 Å². The Kier molecular flexibility index (Phi) is 3.08. The minimum absolute atomic E-state index is 0.0442. The Morgan fingerprint density at radius 1 is 0.731 bits per heavy atom. The van der Waals surface area contributed by atoms with E-state index in [1.165, 1.54) is 38.4 Å². The van der Waals surface area contributed by atoms with Crippen LogP contribution >= 0.6 is 0 Å². The van der Waals surface area contributed by atoms with Crippen LogP contribution in [0.15, 0.2) is 77.4 Å². The summed E-state index contributed by atoms with van der Waals surface area (Å²) in [6, 6.07) is 23.6. The maximum Gasteiger partial charge on any atom is 0.134 e. The van der Waals surface area contributed by atoms with Crippen LogP contribution in [0, 0.1) is 0 Å². The first-order valence-corrected chi connectivity index (χ1v) is 9.04. The van der Waals surface area contributed by atoms with Crippen LogP contribution in [0.25, 0.3) is 38.5 Å². The van der Waals surface area contributed by atoms with Crippen LogP contribution in [0.3, 0.4) is 0 Å². The predicted molar refractivity (Wildman–Crippen MR) is 109 cm³/mol. The maximum atomic E-state index is 5.94. The first kappa shape index (κ1) is 15.3. The van der Waals surface area contributed by atoms with Crippen molar-refractivity contribution in [1.82, 2.24) is 4.57 Å². The Hall–Kier alpha value is -3.00. The topological polar surface area (TPSA) is 18.1 Å². The summed E-state index contributed by atoms with van der Waals surface area (Å²) in [5, 5.41) is 3.68. The quantitative estimate of drug-likeness (QED) is 0.327. The second-order valence-corrected chi connectivity index (χ2v) is 7.95. The standard InChI is InChI=1S/C24H21NO/c1-24(2,3)20-15-26-23-14-18-17-11-7-8-12-21(17)25(22(18)13-19(20)23)16-9-5-4-6-10-16/h4-15H,1-3H3. The molecule has 0 saturated heterocycles. The van der Waals surface area contributed by atoms with Crippen LogP contribution in [0.1, 0.15) is 26.3 Å². The Labute approximate surface area is 152 Å². The van der Waals surface area contributed by atoms with Gasteiger partial charge in [0.15, 0.2) is 0 Å². The van der Waals surface area contributed by atoms with E-state index in [0.29, 0.717) is 0 Å². The summed E-state index contributed by atoms with van der Waals surface area (Å²) in [7, 11) is 0. The third-order valence-corrected chi connectivity index (χ3v) is 5.19. The van der Waals surface area contributed by atoms with Crippen molar-refractivity contribution in [2.45, 2.75) is 26.2 Å². The molecule has 3 aromatic carbocycles. The Morgan fingerprint density at radius 2 is 1.46 bits per heavy atom. The van der Waals surface area contributed by atoms with Gasteiger partial charge in [-0.3, -0.25) is 0 Å². The van der Waals surface area contributed by atoms with E-state index in [1.54, 1.807) is 0 Å². The summed E-state index contributed by atoms with van der Waals surface area (Å²) < 4.78 is 8.29. The van der Waals surface area contributed by atoms with Gasteiger partial charge in [0, 0.05) is 27.4 Å². The van der Waals surface area contributed by atoms with Gasteiger partial charge >= 0.3 is 0 Å². The van der Waals surface area contributed by atoms with Crippen molar-refractivity contribution in [2.75, 3.05) is 0 Å². The second-order valence-electron chi connectivity index (χ2n) is 7.95. The molecule has 0 atom stereocenters. The van der Waals surface area contributed by atoms with Crippen molar-refractivity contribution in [3.8, 4) is 5.69 Å². The highest BCUT2D eigenvalue weighted by molar-refractivity contribution is 6.13. The van der Waals surface area contributed by atoms with Gasteiger partial charge in [-0.05, 0) is 35.7 Å². The number of nitrogens with zero attached hydrogens (tertiary/aromatic N) is 1. The summed E-state index contributed by atoms with van der Waals surface area (Å²) in [5.41, 5.74) is 5.87. The van der Waals surface area contributed by atoms with Gasteiger partial charge in [-0.1, -0.05) is 57.2 Å². The molecule has 0 amide bonds. The van der Waals surface area contributed by atoms with Crippen molar-refractivity contribution in [1.29, 1.82) is 0 Å². The molecule has 0 fully saturated rings. The summed E-state index contributed by atoms with van der Waals surface area (Å²) in [4.78, 5) is 0. The SMILES string of the molecule is CC(C)(C)c1coc2cc3c4ccccc4n(-c4ccccc4)c3cc12. The van der Waals surface area contributed by atoms with Gasteiger partial charge in [0.1, 0.15) is 5.58 Å². The van der Waals surface area contributed by atoms with E-state index in [0.717, 1.165) is 5.58 Å². The van der Waals surface area contributed by atoms with E-state index in [1.807, 2.05) is 6.26 Å². The highest BCUT2D eigenvalue weighted by atomic mass is 16.3. The average molecular weight is 339 g/mol. The van der Waals surface area contributed by atoms with Gasteiger partial charge in [-0.2, -0.15) is 0 Å². The van der Waals surface area contributed by atoms with Crippen molar-refractivity contribution < 1.29 is 4.42 Å². The molecule has 2 aromatic heterocycles. The molecule has 5 aromatic rings.